The zero-order valence-corrected chi connectivity index (χ0v) is 12.4. The maximum absolute atomic E-state index is 12.6. The largest absolute Gasteiger partial charge is 0.398 e. The highest BCUT2D eigenvalue weighted by molar-refractivity contribution is 7.89. The van der Waals surface area contributed by atoms with Gasteiger partial charge in [-0.05, 0) is 49.9 Å². The molecule has 1 heterocycles. The third-order valence-electron chi connectivity index (χ3n) is 3.82. The van der Waals surface area contributed by atoms with Gasteiger partial charge in [0.1, 0.15) is 6.04 Å². The van der Waals surface area contributed by atoms with Crippen molar-refractivity contribution < 1.29 is 13.2 Å². The summed E-state index contributed by atoms with van der Waals surface area (Å²) in [5, 5.41) is 0. The molecular weight excluding hydrogens is 278 g/mol. The summed E-state index contributed by atoms with van der Waals surface area (Å²) in [6.07, 6.45) is 1.10. The van der Waals surface area contributed by atoms with E-state index in [2.05, 4.69) is 0 Å². The Hall–Kier alpha value is -1.60. The van der Waals surface area contributed by atoms with Gasteiger partial charge in [-0.2, -0.15) is 4.31 Å². The van der Waals surface area contributed by atoms with E-state index < -0.39 is 22.0 Å². The molecule has 0 spiro atoms. The third-order valence-corrected chi connectivity index (χ3v) is 5.71. The average Bonchev–Trinajstić information content (AvgIpc) is 2.85. The number of rotatable bonds is 3. The van der Waals surface area contributed by atoms with Gasteiger partial charge in [-0.15, -0.1) is 0 Å². The van der Waals surface area contributed by atoms with E-state index in [-0.39, 0.29) is 4.90 Å². The van der Waals surface area contributed by atoms with Gasteiger partial charge in [0.25, 0.3) is 0 Å². The normalized spacial score (nSPS) is 20.2. The summed E-state index contributed by atoms with van der Waals surface area (Å²) in [5.74, 6) is -0.608. The van der Waals surface area contributed by atoms with Crippen molar-refractivity contribution in [2.24, 2.45) is 5.73 Å². The van der Waals surface area contributed by atoms with Gasteiger partial charge in [0.05, 0.1) is 4.90 Å². The molecule has 1 fully saturated rings. The van der Waals surface area contributed by atoms with Crippen molar-refractivity contribution in [3.05, 3.63) is 23.3 Å². The molecule has 1 aliphatic heterocycles. The number of hydrogen-bond acceptors (Lipinski definition) is 4. The van der Waals surface area contributed by atoms with Crippen molar-refractivity contribution in [3.8, 4) is 0 Å². The van der Waals surface area contributed by atoms with Crippen molar-refractivity contribution in [1.82, 2.24) is 4.31 Å². The molecule has 1 saturated heterocycles. The summed E-state index contributed by atoms with van der Waals surface area (Å²) in [5.41, 5.74) is 13.2. The molecule has 0 bridgehead atoms. The Labute approximate surface area is 118 Å². The Morgan fingerprint density at radius 3 is 2.55 bits per heavy atom. The van der Waals surface area contributed by atoms with E-state index in [0.29, 0.717) is 25.1 Å². The van der Waals surface area contributed by atoms with Crippen LogP contribution in [0, 0.1) is 13.8 Å². The van der Waals surface area contributed by atoms with Crippen LogP contribution in [0.4, 0.5) is 5.69 Å². The fraction of sp³-hybridized carbons (Fsp3) is 0.462. The van der Waals surface area contributed by atoms with Crippen LogP contribution < -0.4 is 11.5 Å². The number of primary amides is 1. The lowest BCUT2D eigenvalue weighted by molar-refractivity contribution is -0.121. The summed E-state index contributed by atoms with van der Waals surface area (Å²) in [6, 6.07) is 2.26. The van der Waals surface area contributed by atoms with E-state index in [1.807, 2.05) is 6.92 Å². The van der Waals surface area contributed by atoms with Crippen LogP contribution >= 0.6 is 0 Å². The average molecular weight is 297 g/mol. The Morgan fingerprint density at radius 1 is 1.35 bits per heavy atom. The van der Waals surface area contributed by atoms with Crippen LogP contribution in [-0.4, -0.2) is 31.2 Å². The van der Waals surface area contributed by atoms with Crippen molar-refractivity contribution >= 4 is 21.6 Å². The number of aryl methyl sites for hydroxylation is 1. The lowest BCUT2D eigenvalue weighted by Gasteiger charge is -2.22. The summed E-state index contributed by atoms with van der Waals surface area (Å²) in [4.78, 5) is 11.5. The van der Waals surface area contributed by atoms with Crippen molar-refractivity contribution in [2.45, 2.75) is 37.6 Å². The SMILES string of the molecule is Cc1cc(S(=O)(=O)N2CCCC2C(N)=O)cc(N)c1C. The van der Waals surface area contributed by atoms with Gasteiger partial charge < -0.3 is 11.5 Å². The predicted octanol–water partition coefficient (Wildman–Crippen LogP) is 0.524. The second-order valence-electron chi connectivity index (χ2n) is 5.13. The number of carbonyl (C=O) groups is 1. The summed E-state index contributed by atoms with van der Waals surface area (Å²) in [7, 11) is -3.74. The standard InChI is InChI=1S/C13H19N3O3S/c1-8-6-10(7-11(14)9(8)2)20(18,19)16-5-3-4-12(16)13(15)17/h6-7,12H,3-5,14H2,1-2H3,(H2,15,17). The predicted molar refractivity (Wildman–Crippen MR) is 76.4 cm³/mol. The molecule has 1 aromatic carbocycles. The number of amides is 1. The second-order valence-corrected chi connectivity index (χ2v) is 7.02. The summed E-state index contributed by atoms with van der Waals surface area (Å²) in [6.45, 7) is 3.95. The number of benzene rings is 1. The van der Waals surface area contributed by atoms with Crippen molar-refractivity contribution in [3.63, 3.8) is 0 Å². The molecule has 2 rings (SSSR count). The van der Waals surface area contributed by atoms with Crippen molar-refractivity contribution in [1.29, 1.82) is 0 Å². The van der Waals surface area contributed by atoms with Gasteiger partial charge in [0, 0.05) is 12.2 Å². The number of carbonyl (C=O) groups excluding carboxylic acids is 1. The number of nitrogens with zero attached hydrogens (tertiary/aromatic N) is 1. The van der Waals surface area contributed by atoms with Crippen LogP contribution in [0.15, 0.2) is 17.0 Å². The zero-order chi connectivity index (χ0) is 15.1. The van der Waals surface area contributed by atoms with Gasteiger partial charge >= 0.3 is 0 Å². The molecule has 20 heavy (non-hydrogen) atoms. The highest BCUT2D eigenvalue weighted by atomic mass is 32.2. The highest BCUT2D eigenvalue weighted by Crippen LogP contribution is 2.29. The van der Waals surface area contributed by atoms with E-state index in [1.54, 1.807) is 13.0 Å². The number of nitrogen functional groups attached to an aromatic ring is 1. The van der Waals surface area contributed by atoms with E-state index in [0.717, 1.165) is 11.1 Å². The Morgan fingerprint density at radius 2 is 2.00 bits per heavy atom. The number of hydrogen-bond donors (Lipinski definition) is 2. The second kappa shape index (κ2) is 5.06. The zero-order valence-electron chi connectivity index (χ0n) is 11.6. The molecule has 0 aliphatic carbocycles. The van der Waals surface area contributed by atoms with Crippen LogP contribution in [0.25, 0.3) is 0 Å². The van der Waals surface area contributed by atoms with Gasteiger partial charge in [0.15, 0.2) is 0 Å². The number of sulfonamides is 1. The first-order chi connectivity index (χ1) is 9.25. The number of nitrogens with two attached hydrogens (primary N) is 2. The molecule has 1 unspecified atom stereocenters. The van der Waals surface area contributed by atoms with Crippen molar-refractivity contribution in [2.75, 3.05) is 12.3 Å². The summed E-state index contributed by atoms with van der Waals surface area (Å²) < 4.78 is 26.4. The maximum Gasteiger partial charge on any atom is 0.243 e. The monoisotopic (exact) mass is 297 g/mol. The van der Waals surface area contributed by atoms with Crippen LogP contribution in [0.2, 0.25) is 0 Å². The minimum atomic E-state index is -3.74. The first kappa shape index (κ1) is 14.8. The van der Waals surface area contributed by atoms with Crippen LogP contribution in [-0.2, 0) is 14.8 Å². The molecule has 0 saturated carbocycles. The number of anilines is 1. The highest BCUT2D eigenvalue weighted by Gasteiger charge is 2.38. The molecule has 0 aromatic heterocycles. The maximum atomic E-state index is 12.6. The fourth-order valence-electron chi connectivity index (χ4n) is 2.45. The van der Waals surface area contributed by atoms with Crippen LogP contribution in [0.3, 0.4) is 0 Å². The molecule has 0 radical (unpaired) electrons. The molecule has 7 heteroatoms. The van der Waals surface area contributed by atoms with Crippen LogP contribution in [0.5, 0.6) is 0 Å². The lowest BCUT2D eigenvalue weighted by atomic mass is 10.1. The van der Waals surface area contributed by atoms with Gasteiger partial charge in [-0.1, -0.05) is 0 Å². The molecule has 1 aromatic rings. The molecular formula is C13H19N3O3S. The molecule has 1 atom stereocenters. The third kappa shape index (κ3) is 2.38. The topological polar surface area (TPSA) is 106 Å². The van der Waals surface area contributed by atoms with Gasteiger partial charge in [-0.25, -0.2) is 8.42 Å². The molecule has 110 valence electrons. The minimum absolute atomic E-state index is 0.117. The van der Waals surface area contributed by atoms with E-state index in [9.17, 15) is 13.2 Å². The van der Waals surface area contributed by atoms with Gasteiger partial charge in [0.2, 0.25) is 15.9 Å². The quantitative estimate of drug-likeness (QED) is 0.793. The fourth-order valence-corrected chi connectivity index (χ4v) is 4.24. The first-order valence-corrected chi connectivity index (χ1v) is 7.87. The minimum Gasteiger partial charge on any atom is -0.398 e. The van der Waals surface area contributed by atoms with Crippen LogP contribution in [0.1, 0.15) is 24.0 Å². The first-order valence-electron chi connectivity index (χ1n) is 6.43. The smallest absolute Gasteiger partial charge is 0.243 e. The van der Waals surface area contributed by atoms with E-state index in [4.69, 9.17) is 11.5 Å². The van der Waals surface area contributed by atoms with E-state index in [1.165, 1.54) is 10.4 Å². The Bertz CT molecular complexity index is 632. The molecule has 4 N–H and O–H groups in total. The molecule has 6 nitrogen and oxygen atoms in total. The Kier molecular flexibility index (Phi) is 3.75. The molecule has 1 amide bonds. The van der Waals surface area contributed by atoms with Gasteiger partial charge in [-0.3, -0.25) is 4.79 Å². The Balaban J connectivity index is 2.48. The van der Waals surface area contributed by atoms with E-state index >= 15 is 0 Å². The summed E-state index contributed by atoms with van der Waals surface area (Å²) >= 11 is 0. The molecule has 1 aliphatic rings. The lowest BCUT2D eigenvalue weighted by Crippen LogP contribution is -2.43.